The average molecular weight is 246 g/mol. The molecule has 3 nitrogen and oxygen atoms in total. The van der Waals surface area contributed by atoms with Crippen LogP contribution >= 0.6 is 11.3 Å². The van der Waals surface area contributed by atoms with E-state index in [4.69, 9.17) is 0 Å². The van der Waals surface area contributed by atoms with Crippen LogP contribution in [0, 0.1) is 0 Å². The van der Waals surface area contributed by atoms with Gasteiger partial charge < -0.3 is 4.90 Å². The van der Waals surface area contributed by atoms with Crippen LogP contribution in [0.1, 0.15) is 15.2 Å². The highest BCUT2D eigenvalue weighted by Crippen LogP contribution is 2.21. The van der Waals surface area contributed by atoms with Crippen LogP contribution in [0.15, 0.2) is 36.0 Å². The lowest BCUT2D eigenvalue weighted by atomic mass is 10.2. The maximum Gasteiger partial charge on any atom is 0.160 e. The fourth-order valence-corrected chi connectivity index (χ4v) is 2.33. The third-order valence-electron chi connectivity index (χ3n) is 2.65. The predicted octanol–water partition coefficient (Wildman–Crippen LogP) is 2.63. The molecular weight excluding hydrogens is 232 g/mol. The standard InChI is InChI=1S/C13H14N2OS/c1-15(12-8-13(9-16)17-10-12)7-4-11-2-5-14-6-3-11/h2-3,5-6,8-10H,4,7H2,1H3. The van der Waals surface area contributed by atoms with E-state index in [2.05, 4.69) is 9.88 Å². The van der Waals surface area contributed by atoms with Crippen molar-refractivity contribution in [3.63, 3.8) is 0 Å². The highest BCUT2D eigenvalue weighted by molar-refractivity contribution is 7.12. The third-order valence-corrected chi connectivity index (χ3v) is 3.49. The molecule has 0 unspecified atom stereocenters. The molecule has 17 heavy (non-hydrogen) atoms. The molecule has 4 heteroatoms. The van der Waals surface area contributed by atoms with Crippen molar-refractivity contribution >= 4 is 23.3 Å². The lowest BCUT2D eigenvalue weighted by Crippen LogP contribution is -2.19. The summed E-state index contributed by atoms with van der Waals surface area (Å²) in [4.78, 5) is 17.5. The minimum absolute atomic E-state index is 0.774. The van der Waals surface area contributed by atoms with Gasteiger partial charge in [-0.3, -0.25) is 9.78 Å². The van der Waals surface area contributed by atoms with Crippen molar-refractivity contribution < 1.29 is 4.79 Å². The Morgan fingerprint density at radius 2 is 2.18 bits per heavy atom. The van der Waals surface area contributed by atoms with Crippen molar-refractivity contribution in [2.45, 2.75) is 6.42 Å². The lowest BCUT2D eigenvalue weighted by Gasteiger charge is -2.17. The second-order valence-electron chi connectivity index (χ2n) is 3.85. The minimum atomic E-state index is 0.774. The largest absolute Gasteiger partial charge is 0.374 e. The van der Waals surface area contributed by atoms with Gasteiger partial charge in [-0.15, -0.1) is 11.3 Å². The average Bonchev–Trinajstić information content (AvgIpc) is 2.86. The molecule has 0 aliphatic rings. The van der Waals surface area contributed by atoms with E-state index in [1.807, 2.05) is 43.0 Å². The SMILES string of the molecule is CN(CCc1ccncc1)c1csc(C=O)c1. The Bertz CT molecular complexity index is 481. The summed E-state index contributed by atoms with van der Waals surface area (Å²) in [5.74, 6) is 0. The van der Waals surface area contributed by atoms with Crippen molar-refractivity contribution in [3.05, 3.63) is 46.4 Å². The molecule has 0 N–H and O–H groups in total. The van der Waals surface area contributed by atoms with Crippen LogP contribution in [-0.2, 0) is 6.42 Å². The van der Waals surface area contributed by atoms with Crippen LogP contribution in [0.3, 0.4) is 0 Å². The molecule has 0 saturated heterocycles. The van der Waals surface area contributed by atoms with Gasteiger partial charge in [0.2, 0.25) is 0 Å². The van der Waals surface area contributed by atoms with Crippen LogP contribution in [-0.4, -0.2) is 24.9 Å². The van der Waals surface area contributed by atoms with Gasteiger partial charge in [0.1, 0.15) is 0 Å². The van der Waals surface area contributed by atoms with Crippen LogP contribution < -0.4 is 4.90 Å². The number of anilines is 1. The van der Waals surface area contributed by atoms with E-state index in [0.717, 1.165) is 29.8 Å². The number of hydrogen-bond acceptors (Lipinski definition) is 4. The predicted molar refractivity (Wildman–Crippen MR) is 70.9 cm³/mol. The molecule has 0 atom stereocenters. The fourth-order valence-electron chi connectivity index (χ4n) is 1.58. The summed E-state index contributed by atoms with van der Waals surface area (Å²) < 4.78 is 0. The first-order chi connectivity index (χ1) is 8.29. The van der Waals surface area contributed by atoms with Gasteiger partial charge in [-0.25, -0.2) is 0 Å². The fraction of sp³-hybridized carbons (Fsp3) is 0.231. The van der Waals surface area contributed by atoms with Crippen LogP contribution in [0.2, 0.25) is 0 Å². The van der Waals surface area contributed by atoms with E-state index < -0.39 is 0 Å². The Kier molecular flexibility index (Phi) is 3.88. The zero-order valence-corrected chi connectivity index (χ0v) is 10.5. The molecule has 0 bridgehead atoms. The first kappa shape index (κ1) is 11.8. The highest BCUT2D eigenvalue weighted by atomic mass is 32.1. The zero-order valence-electron chi connectivity index (χ0n) is 9.67. The number of nitrogens with zero attached hydrogens (tertiary/aromatic N) is 2. The molecule has 0 saturated carbocycles. The number of rotatable bonds is 5. The number of likely N-dealkylation sites (N-methyl/N-ethyl adjacent to an activating group) is 1. The zero-order chi connectivity index (χ0) is 12.1. The first-order valence-electron chi connectivity index (χ1n) is 5.43. The number of thiophene rings is 1. The minimum Gasteiger partial charge on any atom is -0.374 e. The molecular formula is C13H14N2OS. The van der Waals surface area contributed by atoms with Gasteiger partial charge in [-0.1, -0.05) is 0 Å². The van der Waals surface area contributed by atoms with E-state index in [0.29, 0.717) is 0 Å². The summed E-state index contributed by atoms with van der Waals surface area (Å²) in [6.45, 7) is 0.930. The van der Waals surface area contributed by atoms with Gasteiger partial charge in [-0.05, 0) is 30.2 Å². The summed E-state index contributed by atoms with van der Waals surface area (Å²) in [5, 5.41) is 2.01. The van der Waals surface area contributed by atoms with Crippen LogP contribution in [0.5, 0.6) is 0 Å². The molecule has 2 rings (SSSR count). The molecule has 0 fully saturated rings. The lowest BCUT2D eigenvalue weighted by molar-refractivity contribution is 0.112. The van der Waals surface area contributed by atoms with E-state index >= 15 is 0 Å². The van der Waals surface area contributed by atoms with E-state index in [9.17, 15) is 4.79 Å². The van der Waals surface area contributed by atoms with Gasteiger partial charge >= 0.3 is 0 Å². The number of aromatic nitrogens is 1. The van der Waals surface area contributed by atoms with Crippen molar-refractivity contribution in [1.29, 1.82) is 0 Å². The van der Waals surface area contributed by atoms with Gasteiger partial charge in [0.25, 0.3) is 0 Å². The Labute approximate surface area is 105 Å². The number of pyridine rings is 1. The third kappa shape index (κ3) is 3.14. The molecule has 0 spiro atoms. The monoisotopic (exact) mass is 246 g/mol. The highest BCUT2D eigenvalue weighted by Gasteiger charge is 2.04. The molecule has 0 aliphatic carbocycles. The maximum absolute atomic E-state index is 10.6. The van der Waals surface area contributed by atoms with E-state index in [1.165, 1.54) is 16.9 Å². The van der Waals surface area contributed by atoms with Gasteiger partial charge in [-0.2, -0.15) is 0 Å². The van der Waals surface area contributed by atoms with Gasteiger partial charge in [0.05, 0.1) is 4.88 Å². The van der Waals surface area contributed by atoms with E-state index in [-0.39, 0.29) is 0 Å². The Hall–Kier alpha value is -1.68. The normalized spacial score (nSPS) is 10.2. The second kappa shape index (κ2) is 5.59. The number of carbonyl (C=O) groups is 1. The van der Waals surface area contributed by atoms with Crippen molar-refractivity contribution in [2.75, 3.05) is 18.5 Å². The van der Waals surface area contributed by atoms with Crippen molar-refractivity contribution in [2.24, 2.45) is 0 Å². The van der Waals surface area contributed by atoms with Gasteiger partial charge in [0, 0.05) is 37.1 Å². The Balaban J connectivity index is 1.93. The number of aldehydes is 1. The number of carbonyl (C=O) groups excluding carboxylic acids is 1. The molecule has 2 aromatic heterocycles. The summed E-state index contributed by atoms with van der Waals surface area (Å²) in [6.07, 6.45) is 5.49. The summed E-state index contributed by atoms with van der Waals surface area (Å²) in [7, 11) is 2.04. The molecule has 0 radical (unpaired) electrons. The molecule has 88 valence electrons. The Morgan fingerprint density at radius 3 is 2.82 bits per heavy atom. The molecule has 0 aliphatic heterocycles. The first-order valence-corrected chi connectivity index (χ1v) is 6.31. The second-order valence-corrected chi connectivity index (χ2v) is 4.79. The van der Waals surface area contributed by atoms with Crippen molar-refractivity contribution in [3.8, 4) is 0 Å². The van der Waals surface area contributed by atoms with Gasteiger partial charge in [0.15, 0.2) is 6.29 Å². The maximum atomic E-state index is 10.6. The quantitative estimate of drug-likeness (QED) is 0.760. The van der Waals surface area contributed by atoms with Crippen molar-refractivity contribution in [1.82, 2.24) is 4.98 Å². The molecule has 0 amide bonds. The number of hydrogen-bond donors (Lipinski definition) is 0. The summed E-state index contributed by atoms with van der Waals surface area (Å²) in [6, 6.07) is 5.97. The summed E-state index contributed by atoms with van der Waals surface area (Å²) >= 11 is 1.48. The molecule has 2 aromatic rings. The molecule has 0 aromatic carbocycles. The molecule has 2 heterocycles. The smallest absolute Gasteiger partial charge is 0.160 e. The van der Waals surface area contributed by atoms with Crippen LogP contribution in [0.4, 0.5) is 5.69 Å². The topological polar surface area (TPSA) is 33.2 Å². The summed E-state index contributed by atoms with van der Waals surface area (Å²) in [5.41, 5.74) is 2.38. The Morgan fingerprint density at radius 1 is 1.41 bits per heavy atom. The van der Waals surface area contributed by atoms with E-state index in [1.54, 1.807) is 0 Å². The van der Waals surface area contributed by atoms with Crippen LogP contribution in [0.25, 0.3) is 0 Å².